The summed E-state index contributed by atoms with van der Waals surface area (Å²) in [5, 5.41) is 5.66. The fourth-order valence-corrected chi connectivity index (χ4v) is 2.99. The molecule has 0 spiro atoms. The number of fused-ring (bicyclic) bond motifs is 1. The van der Waals surface area contributed by atoms with Crippen molar-refractivity contribution in [2.75, 3.05) is 25.1 Å². The quantitative estimate of drug-likeness (QED) is 0.892. The second-order valence-electron chi connectivity index (χ2n) is 4.59. The van der Waals surface area contributed by atoms with E-state index in [9.17, 15) is 4.79 Å². The number of nitrogens with zero attached hydrogens (tertiary/aromatic N) is 1. The number of thiazole rings is 1. The molecule has 0 radical (unpaired) electrons. The largest absolute Gasteiger partial charge is 0.486 e. The van der Waals surface area contributed by atoms with Crippen LogP contribution in [0.15, 0.2) is 17.5 Å². The Morgan fingerprint density at radius 3 is 2.82 bits per heavy atom. The first kappa shape index (κ1) is 15.1. The molecule has 22 heavy (non-hydrogen) atoms. The number of amides is 1. The first-order valence-electron chi connectivity index (χ1n) is 6.72. The monoisotopic (exact) mass is 339 g/mol. The molecule has 0 fully saturated rings. The van der Waals surface area contributed by atoms with Crippen molar-refractivity contribution >= 4 is 34.5 Å². The number of carbonyl (C=O) groups excluding carboxylic acids is 1. The van der Waals surface area contributed by atoms with Gasteiger partial charge in [-0.15, -0.1) is 11.3 Å². The molecule has 8 heteroatoms. The van der Waals surface area contributed by atoms with Gasteiger partial charge in [0.1, 0.15) is 18.9 Å². The smallest absolute Gasteiger partial charge is 0.275 e. The number of aromatic nitrogens is 1. The molecule has 116 valence electrons. The molecule has 0 aliphatic carbocycles. The van der Waals surface area contributed by atoms with Gasteiger partial charge in [0.2, 0.25) is 0 Å². The Kier molecular flexibility index (Phi) is 4.47. The van der Waals surface area contributed by atoms with Gasteiger partial charge >= 0.3 is 0 Å². The van der Waals surface area contributed by atoms with Crippen LogP contribution in [0, 0.1) is 0 Å². The van der Waals surface area contributed by atoms with E-state index >= 15 is 0 Å². The lowest BCUT2D eigenvalue weighted by molar-refractivity contribution is 0.102. The van der Waals surface area contributed by atoms with E-state index in [0.717, 1.165) is 5.01 Å². The van der Waals surface area contributed by atoms with Gasteiger partial charge in [-0.2, -0.15) is 0 Å². The molecule has 0 bridgehead atoms. The van der Waals surface area contributed by atoms with Gasteiger partial charge in [0.05, 0.1) is 15.7 Å². The number of carbonyl (C=O) groups is 1. The van der Waals surface area contributed by atoms with Gasteiger partial charge in [-0.3, -0.25) is 4.79 Å². The van der Waals surface area contributed by atoms with Crippen molar-refractivity contribution in [1.29, 1.82) is 0 Å². The van der Waals surface area contributed by atoms with Crippen LogP contribution in [0.5, 0.6) is 11.5 Å². The average molecular weight is 340 g/mol. The Labute approximate surface area is 136 Å². The molecule has 3 N–H and O–H groups in total. The number of nitrogens with one attached hydrogen (secondary N) is 1. The van der Waals surface area contributed by atoms with E-state index in [0.29, 0.717) is 54.1 Å². The maximum Gasteiger partial charge on any atom is 0.275 e. The van der Waals surface area contributed by atoms with Crippen LogP contribution in [-0.4, -0.2) is 30.6 Å². The van der Waals surface area contributed by atoms with Crippen LogP contribution >= 0.6 is 22.9 Å². The van der Waals surface area contributed by atoms with Gasteiger partial charge in [-0.1, -0.05) is 11.6 Å². The topological polar surface area (TPSA) is 86.5 Å². The lowest BCUT2D eigenvalue weighted by atomic mass is 10.2. The SMILES string of the molecule is NCCc1nc(C(=O)Nc2cc3c(cc2Cl)OCCO3)cs1. The van der Waals surface area contributed by atoms with E-state index in [1.165, 1.54) is 11.3 Å². The average Bonchev–Trinajstić information content (AvgIpc) is 2.97. The normalized spacial score (nSPS) is 13.0. The third-order valence-corrected chi connectivity index (χ3v) is 4.24. The van der Waals surface area contributed by atoms with Crippen molar-refractivity contribution < 1.29 is 14.3 Å². The molecular formula is C14H14ClN3O3S. The molecule has 0 unspecified atom stereocenters. The lowest BCUT2D eigenvalue weighted by Crippen LogP contribution is -2.17. The maximum absolute atomic E-state index is 12.2. The van der Waals surface area contributed by atoms with Crippen LogP contribution in [0.3, 0.4) is 0 Å². The number of hydrogen-bond donors (Lipinski definition) is 2. The van der Waals surface area contributed by atoms with Crippen LogP contribution in [0.25, 0.3) is 0 Å². The zero-order valence-corrected chi connectivity index (χ0v) is 13.2. The lowest BCUT2D eigenvalue weighted by Gasteiger charge is -2.19. The summed E-state index contributed by atoms with van der Waals surface area (Å²) in [6, 6.07) is 3.29. The minimum Gasteiger partial charge on any atom is -0.486 e. The standard InChI is InChI=1S/C14H14ClN3O3S/c15-8-5-11-12(21-4-3-20-11)6-9(8)18-14(19)10-7-22-13(17-10)1-2-16/h5-7H,1-4,16H2,(H,18,19). The van der Waals surface area contributed by atoms with Crippen LogP contribution in [-0.2, 0) is 6.42 Å². The Morgan fingerprint density at radius 1 is 1.36 bits per heavy atom. The molecule has 0 atom stereocenters. The summed E-state index contributed by atoms with van der Waals surface area (Å²) in [5.41, 5.74) is 6.29. The summed E-state index contributed by atoms with van der Waals surface area (Å²) in [4.78, 5) is 16.5. The van der Waals surface area contributed by atoms with Crippen molar-refractivity contribution in [3.8, 4) is 11.5 Å². The van der Waals surface area contributed by atoms with Crippen molar-refractivity contribution in [3.63, 3.8) is 0 Å². The fourth-order valence-electron chi connectivity index (χ4n) is 2.00. The van der Waals surface area contributed by atoms with Crippen LogP contribution in [0.4, 0.5) is 5.69 Å². The third kappa shape index (κ3) is 3.16. The van der Waals surface area contributed by atoms with Gasteiger partial charge in [0.25, 0.3) is 5.91 Å². The van der Waals surface area contributed by atoms with Gasteiger partial charge in [-0.05, 0) is 6.54 Å². The highest BCUT2D eigenvalue weighted by atomic mass is 35.5. The van der Waals surface area contributed by atoms with Gasteiger partial charge in [-0.25, -0.2) is 4.98 Å². The molecular weight excluding hydrogens is 326 g/mol. The molecule has 3 rings (SSSR count). The first-order chi connectivity index (χ1) is 10.7. The van der Waals surface area contributed by atoms with E-state index in [1.807, 2.05) is 0 Å². The van der Waals surface area contributed by atoms with Crippen molar-refractivity contribution in [3.05, 3.63) is 33.2 Å². The third-order valence-electron chi connectivity index (χ3n) is 3.02. The Hall–Kier alpha value is -1.83. The molecule has 6 nitrogen and oxygen atoms in total. The number of benzene rings is 1. The molecule has 2 heterocycles. The molecule has 1 aromatic carbocycles. The number of hydrogen-bond acceptors (Lipinski definition) is 6. The number of anilines is 1. The van der Waals surface area contributed by atoms with E-state index in [1.54, 1.807) is 17.5 Å². The molecule has 2 aromatic rings. The summed E-state index contributed by atoms with van der Waals surface area (Å²) in [7, 11) is 0. The maximum atomic E-state index is 12.2. The van der Waals surface area contributed by atoms with Gasteiger partial charge in [0, 0.05) is 23.9 Å². The number of ether oxygens (including phenoxy) is 2. The van der Waals surface area contributed by atoms with Crippen LogP contribution in [0.1, 0.15) is 15.5 Å². The predicted octanol–water partition coefficient (Wildman–Crippen LogP) is 2.32. The molecule has 1 aliphatic rings. The summed E-state index contributed by atoms with van der Waals surface area (Å²) < 4.78 is 10.9. The molecule has 0 saturated heterocycles. The van der Waals surface area contributed by atoms with E-state index in [-0.39, 0.29) is 5.91 Å². The Morgan fingerprint density at radius 2 is 2.09 bits per heavy atom. The number of halogens is 1. The Balaban J connectivity index is 1.78. The summed E-state index contributed by atoms with van der Waals surface area (Å²) in [5.74, 6) is 0.819. The molecule has 1 amide bonds. The van der Waals surface area contributed by atoms with E-state index in [2.05, 4.69) is 10.3 Å². The van der Waals surface area contributed by atoms with Crippen molar-refractivity contribution in [2.24, 2.45) is 5.73 Å². The molecule has 0 saturated carbocycles. The van der Waals surface area contributed by atoms with Crippen molar-refractivity contribution in [2.45, 2.75) is 6.42 Å². The van der Waals surface area contributed by atoms with Crippen LogP contribution < -0.4 is 20.5 Å². The minimum atomic E-state index is -0.321. The Bertz CT molecular complexity index is 705. The molecule has 1 aromatic heterocycles. The highest BCUT2D eigenvalue weighted by Crippen LogP contribution is 2.38. The highest BCUT2D eigenvalue weighted by molar-refractivity contribution is 7.09. The fraction of sp³-hybridized carbons (Fsp3) is 0.286. The summed E-state index contributed by atoms with van der Waals surface area (Å²) in [6.45, 7) is 1.46. The van der Waals surface area contributed by atoms with Crippen molar-refractivity contribution in [1.82, 2.24) is 4.98 Å². The highest BCUT2D eigenvalue weighted by Gasteiger charge is 2.18. The van der Waals surface area contributed by atoms with Crippen LogP contribution in [0.2, 0.25) is 5.02 Å². The van der Waals surface area contributed by atoms with E-state index < -0.39 is 0 Å². The zero-order valence-electron chi connectivity index (χ0n) is 11.6. The molecule has 1 aliphatic heterocycles. The summed E-state index contributed by atoms with van der Waals surface area (Å²) >= 11 is 7.57. The van der Waals surface area contributed by atoms with E-state index in [4.69, 9.17) is 26.8 Å². The summed E-state index contributed by atoms with van der Waals surface area (Å²) in [6.07, 6.45) is 0.655. The number of rotatable bonds is 4. The first-order valence-corrected chi connectivity index (χ1v) is 7.98. The minimum absolute atomic E-state index is 0.321. The number of nitrogens with two attached hydrogens (primary N) is 1. The zero-order chi connectivity index (χ0) is 15.5. The second-order valence-corrected chi connectivity index (χ2v) is 5.94. The van der Waals surface area contributed by atoms with Gasteiger partial charge < -0.3 is 20.5 Å². The van der Waals surface area contributed by atoms with Gasteiger partial charge in [0.15, 0.2) is 11.5 Å². The second kappa shape index (κ2) is 6.51. The predicted molar refractivity (Wildman–Crippen MR) is 85.3 cm³/mol.